The van der Waals surface area contributed by atoms with E-state index in [1.807, 2.05) is 18.2 Å². The Bertz CT molecular complexity index is 304. The number of rotatable bonds is 0. The van der Waals surface area contributed by atoms with Crippen molar-refractivity contribution in [2.75, 3.05) is 0 Å². The topological polar surface area (TPSA) is 50.4 Å². The molecule has 0 saturated heterocycles. The number of hydrogen-bond acceptors (Lipinski definition) is 3. The van der Waals surface area contributed by atoms with Crippen LogP contribution in [0.3, 0.4) is 0 Å². The highest BCUT2D eigenvalue weighted by Gasteiger charge is 2.11. The molecule has 3 heteroatoms. The number of amidine groups is 1. The predicted molar refractivity (Wildman–Crippen MR) is 44.6 cm³/mol. The third-order valence-corrected chi connectivity index (χ3v) is 1.77. The average molecular weight is 147 g/mol. The summed E-state index contributed by atoms with van der Waals surface area (Å²) in [6.45, 7) is 0. The lowest BCUT2D eigenvalue weighted by Gasteiger charge is -1.94. The largest absolute Gasteiger partial charge is 0.312 e. The average Bonchev–Trinajstić information content (AvgIpc) is 2.46. The van der Waals surface area contributed by atoms with Crippen LogP contribution in [0.5, 0.6) is 0 Å². The van der Waals surface area contributed by atoms with Gasteiger partial charge in [0.1, 0.15) is 5.84 Å². The molecular weight excluding hydrogens is 138 g/mol. The molecule has 0 amide bonds. The minimum atomic E-state index is 0.826. The lowest BCUT2D eigenvalue weighted by atomic mass is 10.1. The van der Waals surface area contributed by atoms with Gasteiger partial charge < -0.3 is 5.43 Å². The molecule has 1 heterocycles. The maximum absolute atomic E-state index is 5.23. The normalized spacial score (nSPS) is 14.1. The van der Waals surface area contributed by atoms with Crippen molar-refractivity contribution in [3.8, 4) is 0 Å². The molecule has 56 valence electrons. The Labute approximate surface area is 64.9 Å². The van der Waals surface area contributed by atoms with Crippen LogP contribution in [0.2, 0.25) is 0 Å². The first kappa shape index (κ1) is 6.37. The molecule has 1 aromatic rings. The number of fused-ring (bicyclic) bond motifs is 1. The highest BCUT2D eigenvalue weighted by Crippen LogP contribution is 2.24. The minimum Gasteiger partial charge on any atom is -0.312 e. The van der Waals surface area contributed by atoms with Crippen LogP contribution >= 0.6 is 0 Å². The molecule has 0 radical (unpaired) electrons. The van der Waals surface area contributed by atoms with Crippen molar-refractivity contribution >= 4 is 11.5 Å². The predicted octanol–water partition coefficient (Wildman–Crippen LogP) is 0.736. The van der Waals surface area contributed by atoms with Crippen LogP contribution in [0.15, 0.2) is 29.3 Å². The second kappa shape index (κ2) is 2.36. The summed E-state index contributed by atoms with van der Waals surface area (Å²) in [5, 5.41) is 0. The molecule has 0 aliphatic carbocycles. The van der Waals surface area contributed by atoms with Gasteiger partial charge in [0, 0.05) is 6.42 Å². The Morgan fingerprint density at radius 1 is 1.36 bits per heavy atom. The van der Waals surface area contributed by atoms with E-state index >= 15 is 0 Å². The Morgan fingerprint density at radius 2 is 2.18 bits per heavy atom. The Kier molecular flexibility index (Phi) is 1.36. The zero-order valence-corrected chi connectivity index (χ0v) is 6.04. The number of hydrogen-bond donors (Lipinski definition) is 2. The third-order valence-electron chi connectivity index (χ3n) is 1.77. The SMILES string of the molecule is NNC1=Nc2ccccc2C1. The van der Waals surface area contributed by atoms with Gasteiger partial charge in [-0.15, -0.1) is 0 Å². The molecule has 11 heavy (non-hydrogen) atoms. The molecule has 2 rings (SSSR count). The summed E-state index contributed by atoms with van der Waals surface area (Å²) in [6.07, 6.45) is 0.826. The molecule has 1 aromatic carbocycles. The quantitative estimate of drug-likeness (QED) is 0.420. The zero-order valence-electron chi connectivity index (χ0n) is 6.04. The summed E-state index contributed by atoms with van der Waals surface area (Å²) in [6, 6.07) is 8.03. The second-order valence-electron chi connectivity index (χ2n) is 2.51. The summed E-state index contributed by atoms with van der Waals surface area (Å²) in [4.78, 5) is 4.25. The first-order valence-electron chi connectivity index (χ1n) is 3.52. The number of nitrogens with zero attached hydrogens (tertiary/aromatic N) is 1. The molecule has 0 aromatic heterocycles. The van der Waals surface area contributed by atoms with E-state index < -0.39 is 0 Å². The van der Waals surface area contributed by atoms with E-state index in [0.29, 0.717) is 0 Å². The van der Waals surface area contributed by atoms with E-state index in [2.05, 4.69) is 16.5 Å². The number of aliphatic imine (C=N–C) groups is 1. The lowest BCUT2D eigenvalue weighted by molar-refractivity contribution is 1.00. The molecular formula is C8H9N3. The van der Waals surface area contributed by atoms with Gasteiger partial charge in [-0.2, -0.15) is 0 Å². The highest BCUT2D eigenvalue weighted by molar-refractivity contribution is 5.91. The van der Waals surface area contributed by atoms with Crippen molar-refractivity contribution in [3.05, 3.63) is 29.8 Å². The van der Waals surface area contributed by atoms with Crippen molar-refractivity contribution in [2.45, 2.75) is 6.42 Å². The van der Waals surface area contributed by atoms with Crippen LogP contribution in [-0.2, 0) is 6.42 Å². The van der Waals surface area contributed by atoms with Crippen molar-refractivity contribution in [1.82, 2.24) is 5.43 Å². The molecule has 0 fully saturated rings. The van der Waals surface area contributed by atoms with Crippen molar-refractivity contribution in [3.63, 3.8) is 0 Å². The maximum atomic E-state index is 5.23. The van der Waals surface area contributed by atoms with Crippen molar-refractivity contribution < 1.29 is 0 Å². The van der Waals surface area contributed by atoms with Crippen LogP contribution in [0.1, 0.15) is 5.56 Å². The number of para-hydroxylation sites is 1. The summed E-state index contributed by atoms with van der Waals surface area (Å²) in [5.74, 6) is 6.07. The summed E-state index contributed by atoms with van der Waals surface area (Å²) in [5.41, 5.74) is 4.83. The van der Waals surface area contributed by atoms with Gasteiger partial charge in [-0.1, -0.05) is 18.2 Å². The van der Waals surface area contributed by atoms with E-state index in [1.54, 1.807) is 0 Å². The second-order valence-corrected chi connectivity index (χ2v) is 2.51. The Hall–Kier alpha value is -1.35. The smallest absolute Gasteiger partial charge is 0.121 e. The van der Waals surface area contributed by atoms with Crippen LogP contribution in [0.25, 0.3) is 0 Å². The Balaban J connectivity index is 2.39. The van der Waals surface area contributed by atoms with Crippen LogP contribution in [-0.4, -0.2) is 5.84 Å². The number of benzene rings is 1. The molecule has 3 nitrogen and oxygen atoms in total. The molecule has 0 unspecified atom stereocenters. The van der Waals surface area contributed by atoms with Gasteiger partial charge in [0.25, 0.3) is 0 Å². The summed E-state index contributed by atoms with van der Waals surface area (Å²) >= 11 is 0. The van der Waals surface area contributed by atoms with E-state index in [4.69, 9.17) is 5.84 Å². The standard InChI is InChI=1S/C8H9N3/c9-11-8-5-6-3-1-2-4-7(6)10-8/h1-4H,5,9H2,(H,10,11). The molecule has 0 saturated carbocycles. The van der Waals surface area contributed by atoms with Gasteiger partial charge >= 0.3 is 0 Å². The van der Waals surface area contributed by atoms with E-state index in [9.17, 15) is 0 Å². The molecule has 3 N–H and O–H groups in total. The molecule has 0 bridgehead atoms. The van der Waals surface area contributed by atoms with Gasteiger partial charge in [0.2, 0.25) is 0 Å². The van der Waals surface area contributed by atoms with Gasteiger partial charge in [-0.3, -0.25) is 0 Å². The minimum absolute atomic E-state index is 0.826. The fraction of sp³-hybridized carbons (Fsp3) is 0.125. The molecule has 1 aliphatic rings. The zero-order chi connectivity index (χ0) is 7.68. The first-order chi connectivity index (χ1) is 5.40. The van der Waals surface area contributed by atoms with Crippen molar-refractivity contribution in [1.29, 1.82) is 0 Å². The summed E-state index contributed by atoms with van der Waals surface area (Å²) in [7, 11) is 0. The third kappa shape index (κ3) is 0.991. The number of nitrogens with one attached hydrogen (secondary N) is 1. The van der Waals surface area contributed by atoms with Gasteiger partial charge in [-0.25, -0.2) is 10.8 Å². The van der Waals surface area contributed by atoms with Gasteiger partial charge in [-0.05, 0) is 11.6 Å². The van der Waals surface area contributed by atoms with E-state index in [1.165, 1.54) is 5.56 Å². The van der Waals surface area contributed by atoms with Crippen LogP contribution in [0.4, 0.5) is 5.69 Å². The van der Waals surface area contributed by atoms with E-state index in [-0.39, 0.29) is 0 Å². The lowest BCUT2D eigenvalue weighted by Crippen LogP contribution is -2.29. The molecule has 0 atom stereocenters. The van der Waals surface area contributed by atoms with Gasteiger partial charge in [0.05, 0.1) is 5.69 Å². The number of nitrogens with two attached hydrogens (primary N) is 1. The van der Waals surface area contributed by atoms with Crippen LogP contribution < -0.4 is 11.3 Å². The molecule has 1 aliphatic heterocycles. The fourth-order valence-corrected chi connectivity index (χ4v) is 1.22. The fourth-order valence-electron chi connectivity index (χ4n) is 1.22. The van der Waals surface area contributed by atoms with Crippen molar-refractivity contribution in [2.24, 2.45) is 10.8 Å². The van der Waals surface area contributed by atoms with Crippen LogP contribution in [0, 0.1) is 0 Å². The molecule has 0 spiro atoms. The first-order valence-corrected chi connectivity index (χ1v) is 3.52. The Morgan fingerprint density at radius 3 is 2.91 bits per heavy atom. The summed E-state index contributed by atoms with van der Waals surface area (Å²) < 4.78 is 0. The monoisotopic (exact) mass is 147 g/mol. The van der Waals surface area contributed by atoms with E-state index in [0.717, 1.165) is 17.9 Å². The van der Waals surface area contributed by atoms with Gasteiger partial charge in [0.15, 0.2) is 0 Å². The highest BCUT2D eigenvalue weighted by atomic mass is 15.3. The maximum Gasteiger partial charge on any atom is 0.121 e. The number of hydrazine groups is 1.